The lowest BCUT2D eigenvalue weighted by Crippen LogP contribution is -2.58. The van der Waals surface area contributed by atoms with E-state index in [0.29, 0.717) is 12.1 Å². The van der Waals surface area contributed by atoms with E-state index < -0.39 is 0 Å². The third kappa shape index (κ3) is 3.42. The third-order valence-corrected chi connectivity index (χ3v) is 5.50. The molecular formula is C19H30N2. The fourth-order valence-electron chi connectivity index (χ4n) is 4.02. The molecule has 1 N–H and O–H groups in total. The maximum absolute atomic E-state index is 3.82. The van der Waals surface area contributed by atoms with Gasteiger partial charge in [0, 0.05) is 30.9 Å². The maximum Gasteiger partial charge on any atom is 0.0387 e. The minimum absolute atomic E-state index is 0.595. The Hall–Kier alpha value is -1.02. The van der Waals surface area contributed by atoms with Gasteiger partial charge in [0.1, 0.15) is 0 Å². The van der Waals surface area contributed by atoms with Crippen molar-refractivity contribution in [1.82, 2.24) is 5.32 Å². The van der Waals surface area contributed by atoms with Crippen LogP contribution in [0.15, 0.2) is 24.3 Å². The minimum Gasteiger partial charge on any atom is -0.366 e. The summed E-state index contributed by atoms with van der Waals surface area (Å²) in [7, 11) is 0. The second-order valence-electron chi connectivity index (χ2n) is 6.93. The van der Waals surface area contributed by atoms with Crippen molar-refractivity contribution >= 4 is 5.69 Å². The van der Waals surface area contributed by atoms with Crippen LogP contribution in [0.5, 0.6) is 0 Å². The molecule has 2 atom stereocenters. The standard InChI is InChI=1S/C19H30N2/c1-3-16-9-11-18(12-10-16)21-14-19(20-13-15(21)2)17-7-5-4-6-8-17/h9-12,15,17,19-20H,3-8,13-14H2,1-2H3. The molecule has 1 aliphatic heterocycles. The molecule has 116 valence electrons. The highest BCUT2D eigenvalue weighted by Crippen LogP contribution is 2.30. The van der Waals surface area contributed by atoms with Crippen molar-refractivity contribution in [3.05, 3.63) is 29.8 Å². The predicted octanol–water partition coefficient (Wildman–Crippen LogP) is 4.00. The SMILES string of the molecule is CCc1ccc(N2CC(C3CCCCC3)NCC2C)cc1. The van der Waals surface area contributed by atoms with Gasteiger partial charge in [0.15, 0.2) is 0 Å². The predicted molar refractivity (Wildman–Crippen MR) is 91.0 cm³/mol. The van der Waals surface area contributed by atoms with Crippen LogP contribution in [-0.4, -0.2) is 25.2 Å². The zero-order valence-corrected chi connectivity index (χ0v) is 13.6. The van der Waals surface area contributed by atoms with Gasteiger partial charge in [-0.2, -0.15) is 0 Å². The van der Waals surface area contributed by atoms with Gasteiger partial charge in [0.25, 0.3) is 0 Å². The number of piperazine rings is 1. The second kappa shape index (κ2) is 6.83. The normalized spacial score (nSPS) is 27.8. The Morgan fingerprint density at radius 2 is 1.81 bits per heavy atom. The van der Waals surface area contributed by atoms with E-state index in [9.17, 15) is 0 Å². The molecule has 1 saturated heterocycles. The van der Waals surface area contributed by atoms with E-state index in [4.69, 9.17) is 0 Å². The number of benzene rings is 1. The van der Waals surface area contributed by atoms with Gasteiger partial charge in [0.2, 0.25) is 0 Å². The average Bonchev–Trinajstić information content (AvgIpc) is 2.56. The van der Waals surface area contributed by atoms with Gasteiger partial charge < -0.3 is 10.2 Å². The number of nitrogens with one attached hydrogen (secondary N) is 1. The molecule has 1 heterocycles. The third-order valence-electron chi connectivity index (χ3n) is 5.50. The summed E-state index contributed by atoms with van der Waals surface area (Å²) < 4.78 is 0. The Labute approximate surface area is 129 Å². The molecule has 2 nitrogen and oxygen atoms in total. The number of anilines is 1. The summed E-state index contributed by atoms with van der Waals surface area (Å²) >= 11 is 0. The van der Waals surface area contributed by atoms with Crippen LogP contribution in [0.3, 0.4) is 0 Å². The average molecular weight is 286 g/mol. The highest BCUT2D eigenvalue weighted by atomic mass is 15.2. The van der Waals surface area contributed by atoms with E-state index in [2.05, 4.69) is 48.3 Å². The molecule has 2 unspecified atom stereocenters. The van der Waals surface area contributed by atoms with E-state index in [1.165, 1.54) is 49.9 Å². The first-order valence-electron chi connectivity index (χ1n) is 8.87. The van der Waals surface area contributed by atoms with Crippen molar-refractivity contribution in [2.75, 3.05) is 18.0 Å². The van der Waals surface area contributed by atoms with E-state index >= 15 is 0 Å². The van der Waals surface area contributed by atoms with Gasteiger partial charge in [-0.05, 0) is 49.8 Å². The molecule has 21 heavy (non-hydrogen) atoms. The van der Waals surface area contributed by atoms with Crippen molar-refractivity contribution in [2.24, 2.45) is 5.92 Å². The molecule has 1 aromatic rings. The number of aryl methyl sites for hydroxylation is 1. The Bertz CT molecular complexity index is 433. The molecule has 1 saturated carbocycles. The van der Waals surface area contributed by atoms with Gasteiger partial charge in [0.05, 0.1) is 0 Å². The van der Waals surface area contributed by atoms with Crippen LogP contribution in [0.2, 0.25) is 0 Å². The van der Waals surface area contributed by atoms with E-state index in [1.807, 2.05) is 0 Å². The van der Waals surface area contributed by atoms with Crippen LogP contribution in [0.25, 0.3) is 0 Å². The maximum atomic E-state index is 3.82. The number of nitrogens with zero attached hydrogens (tertiary/aromatic N) is 1. The van der Waals surface area contributed by atoms with Gasteiger partial charge >= 0.3 is 0 Å². The van der Waals surface area contributed by atoms with Crippen LogP contribution in [0.4, 0.5) is 5.69 Å². The summed E-state index contributed by atoms with van der Waals surface area (Å²) in [5, 5.41) is 3.82. The van der Waals surface area contributed by atoms with Crippen molar-refractivity contribution in [3.63, 3.8) is 0 Å². The number of hydrogen-bond acceptors (Lipinski definition) is 2. The van der Waals surface area contributed by atoms with Crippen LogP contribution in [0.1, 0.15) is 51.5 Å². The zero-order chi connectivity index (χ0) is 14.7. The largest absolute Gasteiger partial charge is 0.366 e. The Morgan fingerprint density at radius 1 is 1.10 bits per heavy atom. The summed E-state index contributed by atoms with van der Waals surface area (Å²) in [5.41, 5.74) is 2.84. The lowest BCUT2D eigenvalue weighted by Gasteiger charge is -2.44. The summed E-state index contributed by atoms with van der Waals surface area (Å²) in [6.45, 7) is 6.87. The Kier molecular flexibility index (Phi) is 4.84. The minimum atomic E-state index is 0.595. The van der Waals surface area contributed by atoms with E-state index in [0.717, 1.165) is 18.9 Å². The quantitative estimate of drug-likeness (QED) is 0.903. The first-order valence-corrected chi connectivity index (χ1v) is 8.87. The van der Waals surface area contributed by atoms with Crippen molar-refractivity contribution in [1.29, 1.82) is 0 Å². The monoisotopic (exact) mass is 286 g/mol. The van der Waals surface area contributed by atoms with E-state index in [-0.39, 0.29) is 0 Å². The zero-order valence-electron chi connectivity index (χ0n) is 13.6. The smallest absolute Gasteiger partial charge is 0.0387 e. The molecule has 0 aromatic heterocycles. The molecule has 2 heteroatoms. The van der Waals surface area contributed by atoms with Crippen LogP contribution < -0.4 is 10.2 Å². The van der Waals surface area contributed by atoms with Crippen LogP contribution >= 0.6 is 0 Å². The molecule has 2 aliphatic rings. The highest BCUT2D eigenvalue weighted by Gasteiger charge is 2.31. The van der Waals surface area contributed by atoms with Gasteiger partial charge in [-0.1, -0.05) is 38.3 Å². The fraction of sp³-hybridized carbons (Fsp3) is 0.684. The van der Waals surface area contributed by atoms with Crippen LogP contribution in [0, 0.1) is 5.92 Å². The molecule has 3 rings (SSSR count). The Balaban J connectivity index is 1.70. The number of hydrogen-bond donors (Lipinski definition) is 1. The lowest BCUT2D eigenvalue weighted by atomic mass is 9.82. The molecular weight excluding hydrogens is 256 g/mol. The molecule has 0 amide bonds. The summed E-state index contributed by atoms with van der Waals surface area (Å²) in [4.78, 5) is 2.62. The van der Waals surface area contributed by atoms with Crippen molar-refractivity contribution < 1.29 is 0 Å². The molecule has 0 bridgehead atoms. The summed E-state index contributed by atoms with van der Waals surface area (Å²) in [6, 6.07) is 10.5. The summed E-state index contributed by atoms with van der Waals surface area (Å²) in [6.07, 6.45) is 8.29. The van der Waals surface area contributed by atoms with E-state index in [1.54, 1.807) is 0 Å². The Morgan fingerprint density at radius 3 is 2.48 bits per heavy atom. The first kappa shape index (κ1) is 14.9. The molecule has 1 aromatic carbocycles. The molecule has 2 fully saturated rings. The molecule has 1 aliphatic carbocycles. The van der Waals surface area contributed by atoms with Gasteiger partial charge in [-0.25, -0.2) is 0 Å². The van der Waals surface area contributed by atoms with Crippen LogP contribution in [-0.2, 0) is 6.42 Å². The summed E-state index contributed by atoms with van der Waals surface area (Å²) in [5.74, 6) is 0.892. The second-order valence-corrected chi connectivity index (χ2v) is 6.93. The van der Waals surface area contributed by atoms with Gasteiger partial charge in [-0.15, -0.1) is 0 Å². The highest BCUT2D eigenvalue weighted by molar-refractivity contribution is 5.49. The van der Waals surface area contributed by atoms with Gasteiger partial charge in [-0.3, -0.25) is 0 Å². The molecule has 0 radical (unpaired) electrons. The van der Waals surface area contributed by atoms with Crippen molar-refractivity contribution in [2.45, 2.75) is 64.5 Å². The number of rotatable bonds is 3. The topological polar surface area (TPSA) is 15.3 Å². The molecule has 0 spiro atoms. The van der Waals surface area contributed by atoms with Crippen molar-refractivity contribution in [3.8, 4) is 0 Å². The lowest BCUT2D eigenvalue weighted by molar-refractivity contribution is 0.245. The first-order chi connectivity index (χ1) is 10.3. The fourth-order valence-corrected chi connectivity index (χ4v) is 4.02.